The zero-order valence-electron chi connectivity index (χ0n) is 21.9. The highest BCUT2D eigenvalue weighted by Crippen LogP contribution is 2.39. The fourth-order valence-corrected chi connectivity index (χ4v) is 4.73. The third kappa shape index (κ3) is 6.61. The fraction of sp³-hybridized carbons (Fsp3) is 0.379. The highest BCUT2D eigenvalue weighted by atomic mass is 19.1. The van der Waals surface area contributed by atoms with Gasteiger partial charge in [0.15, 0.2) is 0 Å². The molecule has 36 heavy (non-hydrogen) atoms. The van der Waals surface area contributed by atoms with Gasteiger partial charge in [-0.2, -0.15) is 0 Å². The van der Waals surface area contributed by atoms with Crippen LogP contribution >= 0.6 is 0 Å². The van der Waals surface area contributed by atoms with E-state index < -0.39 is 23.7 Å². The highest BCUT2D eigenvalue weighted by molar-refractivity contribution is 5.99. The Kier molecular flexibility index (Phi) is 8.69. The number of carbonyl (C=O) groups excluding carboxylic acids is 2. The van der Waals surface area contributed by atoms with Crippen molar-refractivity contribution in [2.24, 2.45) is 5.41 Å². The van der Waals surface area contributed by atoms with Gasteiger partial charge < -0.3 is 19.7 Å². The van der Waals surface area contributed by atoms with Crippen LogP contribution in [0, 0.1) is 11.2 Å². The molecule has 192 valence electrons. The Labute approximate surface area is 212 Å². The molecule has 0 spiro atoms. The van der Waals surface area contributed by atoms with Gasteiger partial charge in [-0.15, -0.1) is 0 Å². The number of hydrogen-bond acceptors (Lipinski definition) is 6. The van der Waals surface area contributed by atoms with Crippen LogP contribution in [-0.4, -0.2) is 44.1 Å². The Morgan fingerprint density at radius 2 is 1.64 bits per heavy atom. The summed E-state index contributed by atoms with van der Waals surface area (Å²) in [6.45, 7) is 9.21. The molecule has 0 amide bonds. The molecule has 2 aromatic rings. The van der Waals surface area contributed by atoms with Gasteiger partial charge in [-0.1, -0.05) is 56.3 Å². The molecular formula is C29H35FN2O4. The molecule has 1 aliphatic heterocycles. The lowest BCUT2D eigenvalue weighted by atomic mass is 9.80. The molecule has 0 saturated carbocycles. The van der Waals surface area contributed by atoms with E-state index in [-0.39, 0.29) is 23.2 Å². The van der Waals surface area contributed by atoms with Crippen molar-refractivity contribution >= 4 is 11.9 Å². The summed E-state index contributed by atoms with van der Waals surface area (Å²) in [5.41, 5.74) is 2.97. The largest absolute Gasteiger partial charge is 0.466 e. The van der Waals surface area contributed by atoms with Crippen molar-refractivity contribution in [2.45, 2.75) is 40.2 Å². The van der Waals surface area contributed by atoms with Crippen molar-refractivity contribution in [3.05, 3.63) is 94.1 Å². The average Bonchev–Trinajstić information content (AvgIpc) is 2.82. The van der Waals surface area contributed by atoms with E-state index in [4.69, 9.17) is 9.47 Å². The maximum absolute atomic E-state index is 14.2. The predicted molar refractivity (Wildman–Crippen MR) is 137 cm³/mol. The monoisotopic (exact) mass is 494 g/mol. The van der Waals surface area contributed by atoms with E-state index in [9.17, 15) is 14.0 Å². The first-order valence-electron chi connectivity index (χ1n) is 11.9. The number of ether oxygens (including phenoxy) is 2. The number of esters is 2. The average molecular weight is 495 g/mol. The number of halogens is 1. The molecule has 1 atom stereocenters. The Balaban J connectivity index is 1.80. The predicted octanol–water partition coefficient (Wildman–Crippen LogP) is 4.93. The molecule has 1 aliphatic rings. The van der Waals surface area contributed by atoms with E-state index in [0.29, 0.717) is 23.5 Å². The van der Waals surface area contributed by atoms with Gasteiger partial charge in [0.2, 0.25) is 0 Å². The van der Waals surface area contributed by atoms with Crippen LogP contribution in [-0.2, 0) is 25.6 Å². The molecule has 3 rings (SSSR count). The van der Waals surface area contributed by atoms with Gasteiger partial charge in [0.05, 0.1) is 30.8 Å². The van der Waals surface area contributed by atoms with E-state index in [1.165, 1.54) is 24.8 Å². The molecule has 0 fully saturated rings. The van der Waals surface area contributed by atoms with Crippen LogP contribution < -0.4 is 5.32 Å². The van der Waals surface area contributed by atoms with Crippen molar-refractivity contribution in [3.8, 4) is 0 Å². The van der Waals surface area contributed by atoms with Crippen LogP contribution in [0.15, 0.2) is 77.1 Å². The number of carbonyl (C=O) groups is 2. The maximum atomic E-state index is 14.2. The molecule has 0 aliphatic carbocycles. The van der Waals surface area contributed by atoms with Gasteiger partial charge in [-0.25, -0.2) is 14.0 Å². The summed E-state index contributed by atoms with van der Waals surface area (Å²) < 4.78 is 25.0. The summed E-state index contributed by atoms with van der Waals surface area (Å²) >= 11 is 0. The number of nitrogens with zero attached hydrogens (tertiary/aromatic N) is 1. The first-order chi connectivity index (χ1) is 17.0. The molecule has 1 unspecified atom stereocenters. The minimum atomic E-state index is -0.814. The number of benzene rings is 2. The molecule has 0 radical (unpaired) electrons. The minimum absolute atomic E-state index is 0.174. The second kappa shape index (κ2) is 11.5. The number of hydrogen-bond donors (Lipinski definition) is 1. The van der Waals surface area contributed by atoms with Gasteiger partial charge in [-0.3, -0.25) is 0 Å². The molecule has 1 N–H and O–H groups in total. The van der Waals surface area contributed by atoms with E-state index >= 15 is 0 Å². The number of dihydropyridines is 1. The third-order valence-corrected chi connectivity index (χ3v) is 6.15. The lowest BCUT2D eigenvalue weighted by Gasteiger charge is -2.32. The number of methoxy groups -OCH3 is 1. The van der Waals surface area contributed by atoms with E-state index in [2.05, 4.69) is 22.3 Å². The smallest absolute Gasteiger partial charge is 0.336 e. The maximum Gasteiger partial charge on any atom is 0.336 e. The first-order valence-corrected chi connectivity index (χ1v) is 11.9. The second-order valence-corrected chi connectivity index (χ2v) is 10.1. The second-order valence-electron chi connectivity index (χ2n) is 10.1. The van der Waals surface area contributed by atoms with E-state index in [1.807, 2.05) is 39.1 Å². The number of allylic oxidation sites excluding steroid dienone is 2. The molecule has 1 heterocycles. The summed E-state index contributed by atoms with van der Waals surface area (Å²) in [5, 5.41) is 3.10. The van der Waals surface area contributed by atoms with Gasteiger partial charge in [-0.05, 0) is 44.2 Å². The summed E-state index contributed by atoms with van der Waals surface area (Å²) in [6, 6.07) is 16.1. The van der Waals surface area contributed by atoms with Crippen LogP contribution in [0.2, 0.25) is 0 Å². The van der Waals surface area contributed by atoms with Crippen molar-refractivity contribution in [1.82, 2.24) is 10.2 Å². The van der Waals surface area contributed by atoms with Crippen LogP contribution in [0.1, 0.15) is 44.7 Å². The quantitative estimate of drug-likeness (QED) is 0.499. The van der Waals surface area contributed by atoms with Gasteiger partial charge >= 0.3 is 11.9 Å². The molecule has 6 nitrogen and oxygen atoms in total. The summed E-state index contributed by atoms with van der Waals surface area (Å²) in [5.74, 6) is -2.41. The SMILES string of the molecule is COC(=O)C1=C(C)NC(C)=C(C(=O)OCC(C)(C)CN(C)Cc2ccccc2)C1c1cccc(F)c1. The first kappa shape index (κ1) is 27.1. The topological polar surface area (TPSA) is 67.9 Å². The summed E-state index contributed by atoms with van der Waals surface area (Å²) in [4.78, 5) is 28.4. The highest BCUT2D eigenvalue weighted by Gasteiger charge is 2.38. The Hall–Kier alpha value is -3.45. The third-order valence-electron chi connectivity index (χ3n) is 6.15. The molecule has 0 aromatic heterocycles. The summed E-state index contributed by atoms with van der Waals surface area (Å²) in [6.07, 6.45) is 0. The van der Waals surface area contributed by atoms with Crippen LogP contribution in [0.25, 0.3) is 0 Å². The van der Waals surface area contributed by atoms with Crippen molar-refractivity contribution < 1.29 is 23.5 Å². The molecule has 7 heteroatoms. The Morgan fingerprint density at radius 1 is 1.00 bits per heavy atom. The van der Waals surface area contributed by atoms with Gasteiger partial charge in [0.1, 0.15) is 5.82 Å². The Bertz CT molecular complexity index is 1170. The van der Waals surface area contributed by atoms with Gasteiger partial charge in [0.25, 0.3) is 0 Å². The summed E-state index contributed by atoms with van der Waals surface area (Å²) in [7, 11) is 3.31. The van der Waals surface area contributed by atoms with Crippen LogP contribution in [0.3, 0.4) is 0 Å². The van der Waals surface area contributed by atoms with Crippen LogP contribution in [0.4, 0.5) is 4.39 Å². The lowest BCUT2D eigenvalue weighted by molar-refractivity contribution is -0.142. The van der Waals surface area contributed by atoms with Crippen LogP contribution in [0.5, 0.6) is 0 Å². The normalized spacial score (nSPS) is 16.2. The van der Waals surface area contributed by atoms with E-state index in [1.54, 1.807) is 26.0 Å². The molecule has 0 bridgehead atoms. The van der Waals surface area contributed by atoms with Crippen molar-refractivity contribution in [2.75, 3.05) is 27.3 Å². The zero-order valence-corrected chi connectivity index (χ0v) is 21.9. The van der Waals surface area contributed by atoms with Gasteiger partial charge in [0, 0.05) is 29.9 Å². The zero-order chi connectivity index (χ0) is 26.5. The standard InChI is InChI=1S/C29H35FN2O4/c1-19-24(27(33)35-6)26(22-13-10-14-23(30)15-22)25(20(2)31-19)28(34)36-18-29(3,4)17-32(5)16-21-11-8-7-9-12-21/h7-15,26,31H,16-18H2,1-6H3. The fourth-order valence-electron chi connectivity index (χ4n) is 4.73. The minimum Gasteiger partial charge on any atom is -0.466 e. The number of nitrogens with one attached hydrogen (secondary N) is 1. The van der Waals surface area contributed by atoms with E-state index in [0.717, 1.165) is 6.54 Å². The lowest BCUT2D eigenvalue weighted by Crippen LogP contribution is -2.37. The number of rotatable bonds is 9. The van der Waals surface area contributed by atoms with Crippen molar-refractivity contribution in [3.63, 3.8) is 0 Å². The molecular weight excluding hydrogens is 459 g/mol. The molecule has 2 aromatic carbocycles. The molecule has 0 saturated heterocycles. The van der Waals surface area contributed by atoms with Crippen molar-refractivity contribution in [1.29, 1.82) is 0 Å². The Morgan fingerprint density at radius 3 is 2.25 bits per heavy atom.